The van der Waals surface area contributed by atoms with Gasteiger partial charge in [0.1, 0.15) is 5.82 Å². The number of nitrogens with zero attached hydrogens (tertiary/aromatic N) is 1. The van der Waals surface area contributed by atoms with Gasteiger partial charge in [-0.2, -0.15) is 0 Å². The predicted molar refractivity (Wildman–Crippen MR) is 87.1 cm³/mol. The van der Waals surface area contributed by atoms with Gasteiger partial charge in [-0.05, 0) is 42.8 Å². The van der Waals surface area contributed by atoms with Gasteiger partial charge in [-0.3, -0.25) is 0 Å². The van der Waals surface area contributed by atoms with Gasteiger partial charge in [-0.25, -0.2) is 4.39 Å². The largest absolute Gasteiger partial charge is 0.374 e. The van der Waals surface area contributed by atoms with Crippen LogP contribution in [0.15, 0.2) is 54.6 Å². The zero-order valence-corrected chi connectivity index (χ0v) is 12.9. The molecule has 0 heterocycles. The van der Waals surface area contributed by atoms with Gasteiger partial charge in [-0.1, -0.05) is 37.3 Å². The van der Waals surface area contributed by atoms with Gasteiger partial charge in [0.2, 0.25) is 0 Å². The van der Waals surface area contributed by atoms with Crippen LogP contribution in [0.25, 0.3) is 0 Å². The van der Waals surface area contributed by atoms with E-state index in [0.29, 0.717) is 12.0 Å². The summed E-state index contributed by atoms with van der Waals surface area (Å²) >= 11 is 0. The third kappa shape index (κ3) is 4.05. The molecule has 0 spiro atoms. The van der Waals surface area contributed by atoms with Gasteiger partial charge >= 0.3 is 0 Å². The lowest BCUT2D eigenvalue weighted by atomic mass is 9.94. The standard InChI is InChI=1S/C18H23FN2/c1-14(18(20-2)15-7-5-4-6-8-15)13-21(3)17-11-9-16(19)10-12-17/h4-12,14,18,20H,13H2,1-3H3. The first-order chi connectivity index (χ1) is 10.1. The molecule has 2 rings (SSSR count). The molecule has 0 bridgehead atoms. The molecule has 2 atom stereocenters. The SMILES string of the molecule is CNC(c1ccccc1)C(C)CN(C)c1ccc(F)cc1. The summed E-state index contributed by atoms with van der Waals surface area (Å²) in [5.41, 5.74) is 2.33. The van der Waals surface area contributed by atoms with Crippen LogP contribution >= 0.6 is 0 Å². The molecule has 2 unspecified atom stereocenters. The molecule has 0 aromatic heterocycles. The van der Waals surface area contributed by atoms with Crippen LogP contribution in [0.3, 0.4) is 0 Å². The summed E-state index contributed by atoms with van der Waals surface area (Å²) in [5, 5.41) is 3.40. The van der Waals surface area contributed by atoms with Gasteiger partial charge in [0.05, 0.1) is 0 Å². The summed E-state index contributed by atoms with van der Waals surface area (Å²) in [5.74, 6) is 0.227. The van der Waals surface area contributed by atoms with Crippen LogP contribution in [-0.4, -0.2) is 20.6 Å². The van der Waals surface area contributed by atoms with E-state index < -0.39 is 0 Å². The average molecular weight is 286 g/mol. The molecule has 3 heteroatoms. The van der Waals surface area contributed by atoms with Crippen LogP contribution in [0.4, 0.5) is 10.1 Å². The van der Waals surface area contributed by atoms with Gasteiger partial charge in [0.25, 0.3) is 0 Å². The topological polar surface area (TPSA) is 15.3 Å². The Hall–Kier alpha value is -1.87. The highest BCUT2D eigenvalue weighted by Gasteiger charge is 2.19. The maximum absolute atomic E-state index is 13.0. The van der Waals surface area contributed by atoms with Crippen molar-refractivity contribution in [1.29, 1.82) is 0 Å². The highest BCUT2D eigenvalue weighted by atomic mass is 19.1. The fraction of sp³-hybridized carbons (Fsp3) is 0.333. The van der Waals surface area contributed by atoms with E-state index in [-0.39, 0.29) is 5.82 Å². The molecular weight excluding hydrogens is 263 g/mol. The molecule has 0 amide bonds. The number of benzene rings is 2. The molecular formula is C18H23FN2. The number of halogens is 1. The second kappa shape index (κ2) is 7.23. The van der Waals surface area contributed by atoms with E-state index >= 15 is 0 Å². The Morgan fingerprint density at radius 2 is 1.67 bits per heavy atom. The van der Waals surface area contributed by atoms with Crippen molar-refractivity contribution in [3.05, 3.63) is 66.0 Å². The van der Waals surface area contributed by atoms with Crippen LogP contribution in [0.5, 0.6) is 0 Å². The number of nitrogens with one attached hydrogen (secondary N) is 1. The van der Waals surface area contributed by atoms with Crippen molar-refractivity contribution in [1.82, 2.24) is 5.32 Å². The molecule has 21 heavy (non-hydrogen) atoms. The predicted octanol–water partition coefficient (Wildman–Crippen LogP) is 3.86. The van der Waals surface area contributed by atoms with Crippen LogP contribution in [0.1, 0.15) is 18.5 Å². The van der Waals surface area contributed by atoms with E-state index in [1.807, 2.05) is 32.3 Å². The molecule has 0 radical (unpaired) electrons. The minimum atomic E-state index is -0.197. The Balaban J connectivity index is 2.05. The molecule has 112 valence electrons. The maximum atomic E-state index is 13.0. The molecule has 2 aromatic carbocycles. The summed E-state index contributed by atoms with van der Waals surface area (Å²) in [6, 6.07) is 17.4. The lowest BCUT2D eigenvalue weighted by Crippen LogP contribution is -2.32. The Kier molecular flexibility index (Phi) is 5.34. The summed E-state index contributed by atoms with van der Waals surface area (Å²) in [6.07, 6.45) is 0. The van der Waals surface area contributed by atoms with Gasteiger partial charge in [0.15, 0.2) is 0 Å². The van der Waals surface area contributed by atoms with E-state index in [1.54, 1.807) is 0 Å². The lowest BCUT2D eigenvalue weighted by Gasteiger charge is -2.29. The van der Waals surface area contributed by atoms with Crippen LogP contribution < -0.4 is 10.2 Å². The first-order valence-corrected chi connectivity index (χ1v) is 7.30. The quantitative estimate of drug-likeness (QED) is 0.867. The molecule has 1 N–H and O–H groups in total. The van der Waals surface area contributed by atoms with Crippen molar-refractivity contribution in [2.75, 3.05) is 25.5 Å². The van der Waals surface area contributed by atoms with E-state index in [4.69, 9.17) is 0 Å². The number of hydrogen-bond donors (Lipinski definition) is 1. The second-order valence-electron chi connectivity index (χ2n) is 5.51. The van der Waals surface area contributed by atoms with Gasteiger partial charge in [0, 0.05) is 25.3 Å². The minimum absolute atomic E-state index is 0.197. The Bertz CT molecular complexity index is 539. The van der Waals surface area contributed by atoms with Crippen molar-refractivity contribution in [3.8, 4) is 0 Å². The molecule has 0 aliphatic heterocycles. The van der Waals surface area contributed by atoms with E-state index in [0.717, 1.165) is 12.2 Å². The Morgan fingerprint density at radius 3 is 2.24 bits per heavy atom. The zero-order valence-electron chi connectivity index (χ0n) is 12.9. The summed E-state index contributed by atoms with van der Waals surface area (Å²) < 4.78 is 13.0. The molecule has 0 saturated carbocycles. The molecule has 2 aromatic rings. The highest BCUT2D eigenvalue weighted by molar-refractivity contribution is 5.45. The molecule has 0 aliphatic carbocycles. The number of rotatable bonds is 6. The van der Waals surface area contributed by atoms with E-state index in [9.17, 15) is 4.39 Å². The zero-order chi connectivity index (χ0) is 15.2. The average Bonchev–Trinajstić information content (AvgIpc) is 2.49. The van der Waals surface area contributed by atoms with Gasteiger partial charge in [-0.15, -0.1) is 0 Å². The highest BCUT2D eigenvalue weighted by Crippen LogP contribution is 2.24. The monoisotopic (exact) mass is 286 g/mol. The summed E-state index contributed by atoms with van der Waals surface area (Å²) in [7, 11) is 4.04. The summed E-state index contributed by atoms with van der Waals surface area (Å²) in [4.78, 5) is 2.16. The number of hydrogen-bond acceptors (Lipinski definition) is 2. The fourth-order valence-electron chi connectivity index (χ4n) is 2.78. The van der Waals surface area contributed by atoms with Crippen molar-refractivity contribution in [2.24, 2.45) is 5.92 Å². The molecule has 0 aliphatic rings. The van der Waals surface area contributed by atoms with Crippen LogP contribution in [0, 0.1) is 11.7 Å². The van der Waals surface area contributed by atoms with Crippen molar-refractivity contribution in [2.45, 2.75) is 13.0 Å². The van der Waals surface area contributed by atoms with E-state index in [2.05, 4.69) is 41.4 Å². The minimum Gasteiger partial charge on any atom is -0.374 e. The smallest absolute Gasteiger partial charge is 0.123 e. The third-order valence-electron chi connectivity index (χ3n) is 3.87. The first kappa shape index (κ1) is 15.5. The normalized spacial score (nSPS) is 13.7. The first-order valence-electron chi connectivity index (χ1n) is 7.30. The van der Waals surface area contributed by atoms with Crippen molar-refractivity contribution < 1.29 is 4.39 Å². The second-order valence-corrected chi connectivity index (χ2v) is 5.51. The fourth-order valence-corrected chi connectivity index (χ4v) is 2.78. The van der Waals surface area contributed by atoms with E-state index in [1.165, 1.54) is 17.7 Å². The third-order valence-corrected chi connectivity index (χ3v) is 3.87. The van der Waals surface area contributed by atoms with Crippen LogP contribution in [-0.2, 0) is 0 Å². The summed E-state index contributed by atoms with van der Waals surface area (Å²) in [6.45, 7) is 3.13. The number of anilines is 1. The lowest BCUT2D eigenvalue weighted by molar-refractivity contribution is 0.414. The Morgan fingerprint density at radius 1 is 1.05 bits per heavy atom. The molecule has 0 fully saturated rings. The van der Waals surface area contributed by atoms with Crippen LogP contribution in [0.2, 0.25) is 0 Å². The van der Waals surface area contributed by atoms with Crippen molar-refractivity contribution in [3.63, 3.8) is 0 Å². The van der Waals surface area contributed by atoms with Crippen molar-refractivity contribution >= 4 is 5.69 Å². The van der Waals surface area contributed by atoms with Gasteiger partial charge < -0.3 is 10.2 Å². The maximum Gasteiger partial charge on any atom is 0.123 e. The Labute approximate surface area is 126 Å². The molecule has 0 saturated heterocycles. The molecule has 2 nitrogen and oxygen atoms in total.